The highest BCUT2D eigenvalue weighted by molar-refractivity contribution is 5.96. The van der Waals surface area contributed by atoms with E-state index in [1.807, 2.05) is 24.0 Å². The van der Waals surface area contributed by atoms with Crippen LogP contribution in [0, 0.1) is 12.8 Å². The van der Waals surface area contributed by atoms with Crippen molar-refractivity contribution >= 4 is 11.6 Å². The van der Waals surface area contributed by atoms with Crippen LogP contribution in [0.3, 0.4) is 0 Å². The second-order valence-corrected chi connectivity index (χ2v) is 4.89. The number of carbonyl (C=O) groups excluding carboxylic acids is 1. The van der Waals surface area contributed by atoms with Gasteiger partial charge >= 0.3 is 0 Å². The molecule has 2 rings (SSSR count). The van der Waals surface area contributed by atoms with Gasteiger partial charge in [-0.3, -0.25) is 4.79 Å². The van der Waals surface area contributed by atoms with Crippen molar-refractivity contribution in [2.24, 2.45) is 5.92 Å². The summed E-state index contributed by atoms with van der Waals surface area (Å²) >= 11 is 0. The summed E-state index contributed by atoms with van der Waals surface area (Å²) < 4.78 is 0. The summed E-state index contributed by atoms with van der Waals surface area (Å²) in [5.41, 5.74) is 8.17. The second kappa shape index (κ2) is 4.78. The first-order chi connectivity index (χ1) is 8.11. The van der Waals surface area contributed by atoms with Crippen molar-refractivity contribution in [1.82, 2.24) is 4.90 Å². The lowest BCUT2D eigenvalue weighted by Gasteiger charge is -2.17. The molecule has 92 valence electrons. The SMILES string of the molecule is CCC1CCN(C(=O)c2ccc(N)cc2C)C1. The van der Waals surface area contributed by atoms with Gasteiger partial charge in [-0.1, -0.05) is 13.3 Å². The molecule has 0 aromatic heterocycles. The Morgan fingerprint density at radius 3 is 2.88 bits per heavy atom. The number of likely N-dealkylation sites (tertiary alicyclic amines) is 1. The first-order valence-corrected chi connectivity index (χ1v) is 6.27. The number of anilines is 1. The Bertz CT molecular complexity index is 428. The molecule has 3 nitrogen and oxygen atoms in total. The number of rotatable bonds is 2. The number of nitrogen functional groups attached to an aromatic ring is 1. The minimum Gasteiger partial charge on any atom is -0.399 e. The normalized spacial score (nSPS) is 19.6. The topological polar surface area (TPSA) is 46.3 Å². The maximum atomic E-state index is 12.3. The third-order valence-electron chi connectivity index (χ3n) is 3.63. The van der Waals surface area contributed by atoms with Gasteiger partial charge in [-0.2, -0.15) is 0 Å². The first kappa shape index (κ1) is 12.0. The Labute approximate surface area is 103 Å². The molecule has 2 N–H and O–H groups in total. The zero-order valence-electron chi connectivity index (χ0n) is 10.6. The molecule has 1 amide bonds. The zero-order valence-corrected chi connectivity index (χ0v) is 10.6. The highest BCUT2D eigenvalue weighted by Gasteiger charge is 2.26. The van der Waals surface area contributed by atoms with Gasteiger partial charge < -0.3 is 10.6 Å². The maximum Gasteiger partial charge on any atom is 0.254 e. The largest absolute Gasteiger partial charge is 0.399 e. The van der Waals surface area contributed by atoms with Gasteiger partial charge in [0.15, 0.2) is 0 Å². The average molecular weight is 232 g/mol. The summed E-state index contributed by atoms with van der Waals surface area (Å²) in [6.45, 7) is 5.92. The Morgan fingerprint density at radius 2 is 2.29 bits per heavy atom. The molecule has 0 spiro atoms. The van der Waals surface area contributed by atoms with Crippen LogP contribution >= 0.6 is 0 Å². The van der Waals surface area contributed by atoms with Crippen molar-refractivity contribution in [1.29, 1.82) is 0 Å². The molecule has 3 heteroatoms. The number of carbonyl (C=O) groups is 1. The first-order valence-electron chi connectivity index (χ1n) is 6.27. The molecule has 17 heavy (non-hydrogen) atoms. The van der Waals surface area contributed by atoms with Crippen LogP contribution in [0.5, 0.6) is 0 Å². The molecule has 0 saturated carbocycles. The molecule has 1 heterocycles. The lowest BCUT2D eigenvalue weighted by atomic mass is 10.1. The summed E-state index contributed by atoms with van der Waals surface area (Å²) in [4.78, 5) is 14.3. The minimum atomic E-state index is 0.151. The van der Waals surface area contributed by atoms with Gasteiger partial charge in [-0.05, 0) is 43.0 Å². The van der Waals surface area contributed by atoms with E-state index in [4.69, 9.17) is 5.73 Å². The van der Waals surface area contributed by atoms with Crippen LogP contribution in [-0.4, -0.2) is 23.9 Å². The fourth-order valence-corrected chi connectivity index (χ4v) is 2.45. The minimum absolute atomic E-state index is 0.151. The van der Waals surface area contributed by atoms with Gasteiger partial charge in [0.05, 0.1) is 0 Å². The number of aryl methyl sites for hydroxylation is 1. The maximum absolute atomic E-state index is 12.3. The highest BCUT2D eigenvalue weighted by Crippen LogP contribution is 2.22. The van der Waals surface area contributed by atoms with Gasteiger partial charge in [-0.25, -0.2) is 0 Å². The highest BCUT2D eigenvalue weighted by atomic mass is 16.2. The van der Waals surface area contributed by atoms with Gasteiger partial charge in [0.2, 0.25) is 0 Å². The van der Waals surface area contributed by atoms with Crippen molar-refractivity contribution in [3.05, 3.63) is 29.3 Å². The molecular formula is C14H20N2O. The third kappa shape index (κ3) is 2.43. The molecule has 1 saturated heterocycles. The van der Waals surface area contributed by atoms with Gasteiger partial charge in [0.1, 0.15) is 0 Å². The fraction of sp³-hybridized carbons (Fsp3) is 0.500. The Balaban J connectivity index is 2.15. The Kier molecular flexibility index (Phi) is 3.36. The van der Waals surface area contributed by atoms with Crippen molar-refractivity contribution < 1.29 is 4.79 Å². The lowest BCUT2D eigenvalue weighted by molar-refractivity contribution is 0.0786. The number of nitrogens with two attached hydrogens (primary N) is 1. The fourth-order valence-electron chi connectivity index (χ4n) is 2.45. The summed E-state index contributed by atoms with van der Waals surface area (Å²) in [6.07, 6.45) is 2.29. The molecular weight excluding hydrogens is 212 g/mol. The van der Waals surface area contributed by atoms with E-state index in [1.54, 1.807) is 6.07 Å². The van der Waals surface area contributed by atoms with E-state index in [0.29, 0.717) is 11.6 Å². The average Bonchev–Trinajstić information content (AvgIpc) is 2.76. The molecule has 1 aromatic rings. The number of hydrogen-bond acceptors (Lipinski definition) is 2. The van der Waals surface area contributed by atoms with Gasteiger partial charge in [0.25, 0.3) is 5.91 Å². The van der Waals surface area contributed by atoms with E-state index in [2.05, 4.69) is 6.92 Å². The molecule has 1 atom stereocenters. The van der Waals surface area contributed by atoms with E-state index >= 15 is 0 Å². The molecule has 1 aromatic carbocycles. The summed E-state index contributed by atoms with van der Waals surface area (Å²) in [6, 6.07) is 5.50. The smallest absolute Gasteiger partial charge is 0.254 e. The van der Waals surface area contributed by atoms with Crippen LogP contribution in [0.4, 0.5) is 5.69 Å². The van der Waals surface area contributed by atoms with Crippen LogP contribution in [0.1, 0.15) is 35.7 Å². The van der Waals surface area contributed by atoms with Crippen LogP contribution in [0.2, 0.25) is 0 Å². The molecule has 0 bridgehead atoms. The number of benzene rings is 1. The van der Waals surface area contributed by atoms with Gasteiger partial charge in [-0.15, -0.1) is 0 Å². The second-order valence-electron chi connectivity index (χ2n) is 4.89. The van der Waals surface area contributed by atoms with Crippen molar-refractivity contribution in [2.45, 2.75) is 26.7 Å². The predicted octanol–water partition coefficient (Wildman–Crippen LogP) is 2.45. The standard InChI is InChI=1S/C14H20N2O/c1-3-11-6-7-16(9-11)14(17)13-5-4-12(15)8-10(13)2/h4-5,8,11H,3,6-7,9,15H2,1-2H3. The van der Waals surface area contributed by atoms with Crippen LogP contribution in [0.15, 0.2) is 18.2 Å². The number of amides is 1. The van der Waals surface area contributed by atoms with Crippen LogP contribution in [0.25, 0.3) is 0 Å². The van der Waals surface area contributed by atoms with Crippen molar-refractivity contribution in [3.63, 3.8) is 0 Å². The van der Waals surface area contributed by atoms with E-state index < -0.39 is 0 Å². The quantitative estimate of drug-likeness (QED) is 0.796. The Morgan fingerprint density at radius 1 is 1.53 bits per heavy atom. The predicted molar refractivity (Wildman–Crippen MR) is 69.9 cm³/mol. The summed E-state index contributed by atoms with van der Waals surface area (Å²) in [5, 5.41) is 0. The van der Waals surface area contributed by atoms with E-state index in [9.17, 15) is 4.79 Å². The van der Waals surface area contributed by atoms with Crippen LogP contribution < -0.4 is 5.73 Å². The lowest BCUT2D eigenvalue weighted by Crippen LogP contribution is -2.29. The monoisotopic (exact) mass is 232 g/mol. The molecule has 1 aliphatic rings. The summed E-state index contributed by atoms with van der Waals surface area (Å²) in [7, 11) is 0. The number of nitrogens with zero attached hydrogens (tertiary/aromatic N) is 1. The third-order valence-corrected chi connectivity index (χ3v) is 3.63. The van der Waals surface area contributed by atoms with Gasteiger partial charge in [0, 0.05) is 24.3 Å². The molecule has 1 unspecified atom stereocenters. The van der Waals surface area contributed by atoms with E-state index in [-0.39, 0.29) is 5.91 Å². The van der Waals surface area contributed by atoms with Crippen LogP contribution in [-0.2, 0) is 0 Å². The molecule has 0 aliphatic carbocycles. The van der Waals surface area contributed by atoms with Crippen molar-refractivity contribution in [2.75, 3.05) is 18.8 Å². The van der Waals surface area contributed by atoms with Crippen molar-refractivity contribution in [3.8, 4) is 0 Å². The zero-order chi connectivity index (χ0) is 12.4. The number of hydrogen-bond donors (Lipinski definition) is 1. The van der Waals surface area contributed by atoms with E-state index in [1.165, 1.54) is 0 Å². The van der Waals surface area contributed by atoms with E-state index in [0.717, 1.165) is 37.1 Å². The molecule has 1 aliphatic heterocycles. The Hall–Kier alpha value is -1.51. The summed E-state index contributed by atoms with van der Waals surface area (Å²) in [5.74, 6) is 0.825. The molecule has 0 radical (unpaired) electrons. The molecule has 1 fully saturated rings.